The van der Waals surface area contributed by atoms with Crippen LogP contribution in [0.5, 0.6) is 0 Å². The van der Waals surface area contributed by atoms with Crippen LogP contribution in [0.2, 0.25) is 0 Å². The number of aryl methyl sites for hydroxylation is 1. The SMILES string of the molecule is CC(=Cc1ccsc1C(=O)O)c1cc2c(cc1C)C(C)(C)CCC2(C)C. The molecule has 1 heterocycles. The summed E-state index contributed by atoms with van der Waals surface area (Å²) in [6.45, 7) is 13.6. The summed E-state index contributed by atoms with van der Waals surface area (Å²) in [5, 5.41) is 11.2. The van der Waals surface area contributed by atoms with Crippen molar-refractivity contribution in [3.05, 3.63) is 56.3 Å². The Labute approximate surface area is 160 Å². The van der Waals surface area contributed by atoms with Gasteiger partial charge in [-0.25, -0.2) is 4.79 Å². The van der Waals surface area contributed by atoms with E-state index in [1.54, 1.807) is 0 Å². The quantitative estimate of drug-likeness (QED) is 0.657. The normalized spacial score (nSPS) is 18.5. The van der Waals surface area contributed by atoms with Gasteiger partial charge in [0.25, 0.3) is 0 Å². The van der Waals surface area contributed by atoms with Gasteiger partial charge in [0.1, 0.15) is 4.88 Å². The lowest BCUT2D eigenvalue weighted by Crippen LogP contribution is -2.34. The van der Waals surface area contributed by atoms with E-state index in [2.05, 4.69) is 53.7 Å². The number of hydrogen-bond acceptors (Lipinski definition) is 2. The fourth-order valence-corrected chi connectivity index (χ4v) is 4.78. The Morgan fingerprint density at radius 1 is 1.12 bits per heavy atom. The first-order valence-corrected chi connectivity index (χ1v) is 10.1. The van der Waals surface area contributed by atoms with Crippen molar-refractivity contribution >= 4 is 29.0 Å². The van der Waals surface area contributed by atoms with E-state index in [4.69, 9.17) is 0 Å². The molecule has 3 heteroatoms. The zero-order valence-corrected chi connectivity index (χ0v) is 17.4. The lowest BCUT2D eigenvalue weighted by molar-refractivity contribution is 0.0702. The van der Waals surface area contributed by atoms with Gasteiger partial charge in [0, 0.05) is 5.56 Å². The highest BCUT2D eigenvalue weighted by atomic mass is 32.1. The molecule has 0 atom stereocenters. The molecule has 0 spiro atoms. The number of benzene rings is 1. The largest absolute Gasteiger partial charge is 0.477 e. The first-order chi connectivity index (χ1) is 12.0. The molecular formula is C23H28O2S. The summed E-state index contributed by atoms with van der Waals surface area (Å²) in [7, 11) is 0. The van der Waals surface area contributed by atoms with Crippen molar-refractivity contribution < 1.29 is 9.90 Å². The number of aromatic carboxylic acids is 1. The number of carboxylic acid groups (broad SMARTS) is 1. The molecule has 0 aliphatic heterocycles. The molecule has 1 aliphatic rings. The molecule has 1 aliphatic carbocycles. The van der Waals surface area contributed by atoms with Crippen molar-refractivity contribution in [3.63, 3.8) is 0 Å². The second-order valence-corrected chi connectivity index (χ2v) is 9.73. The van der Waals surface area contributed by atoms with Gasteiger partial charge in [0.15, 0.2) is 0 Å². The van der Waals surface area contributed by atoms with E-state index in [1.807, 2.05) is 17.5 Å². The Morgan fingerprint density at radius 2 is 1.69 bits per heavy atom. The first kappa shape index (κ1) is 18.9. The molecule has 3 rings (SSSR count). The van der Waals surface area contributed by atoms with Crippen LogP contribution in [0.3, 0.4) is 0 Å². The molecule has 0 saturated heterocycles. The third-order valence-corrected chi connectivity index (χ3v) is 6.80. The molecule has 26 heavy (non-hydrogen) atoms. The monoisotopic (exact) mass is 368 g/mol. The number of allylic oxidation sites excluding steroid dienone is 1. The summed E-state index contributed by atoms with van der Waals surface area (Å²) in [6.07, 6.45) is 4.40. The van der Waals surface area contributed by atoms with Crippen LogP contribution in [0.1, 0.15) is 84.9 Å². The summed E-state index contributed by atoms with van der Waals surface area (Å²) in [5.41, 5.74) is 7.66. The third kappa shape index (κ3) is 3.25. The highest BCUT2D eigenvalue weighted by Gasteiger charge is 2.37. The fraction of sp³-hybridized carbons (Fsp3) is 0.435. The molecule has 138 valence electrons. The average Bonchev–Trinajstić information content (AvgIpc) is 3.00. The van der Waals surface area contributed by atoms with Crippen LogP contribution in [0, 0.1) is 6.92 Å². The Hall–Kier alpha value is -1.87. The van der Waals surface area contributed by atoms with Crippen LogP contribution >= 0.6 is 11.3 Å². The minimum Gasteiger partial charge on any atom is -0.477 e. The number of carboxylic acids is 1. The van der Waals surface area contributed by atoms with Gasteiger partial charge >= 0.3 is 5.97 Å². The molecule has 0 saturated carbocycles. The van der Waals surface area contributed by atoms with Crippen LogP contribution in [0.15, 0.2) is 23.6 Å². The van der Waals surface area contributed by atoms with Gasteiger partial charge in [0.2, 0.25) is 0 Å². The molecular weight excluding hydrogens is 340 g/mol. The van der Waals surface area contributed by atoms with Gasteiger partial charge in [-0.1, -0.05) is 39.8 Å². The van der Waals surface area contributed by atoms with E-state index in [1.165, 1.54) is 46.4 Å². The lowest BCUT2D eigenvalue weighted by Gasteiger charge is -2.42. The molecule has 2 nitrogen and oxygen atoms in total. The lowest BCUT2D eigenvalue weighted by atomic mass is 9.62. The Balaban J connectivity index is 2.13. The van der Waals surface area contributed by atoms with Crippen molar-refractivity contribution in [3.8, 4) is 0 Å². The van der Waals surface area contributed by atoms with Crippen LogP contribution in [-0.2, 0) is 10.8 Å². The van der Waals surface area contributed by atoms with E-state index in [9.17, 15) is 9.90 Å². The topological polar surface area (TPSA) is 37.3 Å². The highest BCUT2D eigenvalue weighted by molar-refractivity contribution is 7.12. The van der Waals surface area contributed by atoms with Gasteiger partial charge < -0.3 is 5.11 Å². The summed E-state index contributed by atoms with van der Waals surface area (Å²) in [6, 6.07) is 6.59. The van der Waals surface area contributed by atoms with Crippen molar-refractivity contribution in [2.75, 3.05) is 0 Å². The van der Waals surface area contributed by atoms with E-state index in [0.717, 1.165) is 11.1 Å². The molecule has 2 aromatic rings. The van der Waals surface area contributed by atoms with E-state index in [-0.39, 0.29) is 10.8 Å². The summed E-state index contributed by atoms with van der Waals surface area (Å²) in [5.74, 6) is -0.857. The zero-order chi connectivity index (χ0) is 19.3. The Morgan fingerprint density at radius 3 is 2.27 bits per heavy atom. The maximum absolute atomic E-state index is 11.4. The molecule has 0 radical (unpaired) electrons. The molecule has 0 fully saturated rings. The molecule has 1 N–H and O–H groups in total. The minimum atomic E-state index is -0.857. The summed E-state index contributed by atoms with van der Waals surface area (Å²) in [4.78, 5) is 11.8. The van der Waals surface area contributed by atoms with Crippen molar-refractivity contribution in [1.29, 1.82) is 0 Å². The van der Waals surface area contributed by atoms with Gasteiger partial charge in [-0.3, -0.25) is 0 Å². The van der Waals surface area contributed by atoms with E-state index < -0.39 is 5.97 Å². The Kier molecular flexibility index (Phi) is 4.64. The molecule has 0 bridgehead atoms. The van der Waals surface area contributed by atoms with Crippen LogP contribution < -0.4 is 0 Å². The summed E-state index contributed by atoms with van der Waals surface area (Å²) >= 11 is 1.28. The van der Waals surface area contributed by atoms with Gasteiger partial charge in [-0.05, 0) is 82.9 Å². The predicted octanol–water partition coefficient (Wildman–Crippen LogP) is 6.66. The second-order valence-electron chi connectivity index (χ2n) is 8.82. The van der Waals surface area contributed by atoms with Crippen molar-refractivity contribution in [1.82, 2.24) is 0 Å². The van der Waals surface area contributed by atoms with Crippen LogP contribution in [0.4, 0.5) is 0 Å². The minimum absolute atomic E-state index is 0.169. The average molecular weight is 369 g/mol. The third-order valence-electron chi connectivity index (χ3n) is 5.88. The van der Waals surface area contributed by atoms with E-state index >= 15 is 0 Å². The fourth-order valence-electron chi connectivity index (χ4n) is 4.06. The molecule has 0 amide bonds. The second kappa shape index (κ2) is 6.38. The number of rotatable bonds is 3. The maximum atomic E-state index is 11.4. The maximum Gasteiger partial charge on any atom is 0.346 e. The number of fused-ring (bicyclic) bond motifs is 1. The number of hydrogen-bond donors (Lipinski definition) is 1. The first-order valence-electron chi connectivity index (χ1n) is 9.18. The van der Waals surface area contributed by atoms with Gasteiger partial charge in [-0.2, -0.15) is 0 Å². The Bertz CT molecular complexity index is 897. The number of thiophene rings is 1. The van der Waals surface area contributed by atoms with Gasteiger partial charge in [0.05, 0.1) is 0 Å². The smallest absolute Gasteiger partial charge is 0.346 e. The van der Waals surface area contributed by atoms with Crippen LogP contribution in [0.25, 0.3) is 11.6 Å². The molecule has 0 unspecified atom stereocenters. The summed E-state index contributed by atoms with van der Waals surface area (Å²) < 4.78 is 0. The number of carbonyl (C=O) groups is 1. The molecule has 1 aromatic heterocycles. The molecule has 1 aromatic carbocycles. The van der Waals surface area contributed by atoms with E-state index in [0.29, 0.717) is 4.88 Å². The van der Waals surface area contributed by atoms with Gasteiger partial charge in [-0.15, -0.1) is 11.3 Å². The predicted molar refractivity (Wildman–Crippen MR) is 111 cm³/mol. The standard InChI is InChI=1S/C23H28O2S/c1-14(11-16-7-10-26-20(16)21(24)25)17-13-19-18(12-15(17)2)22(3,4)8-9-23(19,5)6/h7,10-13H,8-9H2,1-6H3,(H,24,25). The van der Waals surface area contributed by atoms with Crippen molar-refractivity contribution in [2.45, 2.75) is 65.2 Å². The highest BCUT2D eigenvalue weighted by Crippen LogP contribution is 2.47. The zero-order valence-electron chi connectivity index (χ0n) is 16.6. The van der Waals surface area contributed by atoms with Crippen LogP contribution in [-0.4, -0.2) is 11.1 Å². The van der Waals surface area contributed by atoms with Crippen molar-refractivity contribution in [2.24, 2.45) is 0 Å².